The number of nitrogens with one attached hydrogen (secondary N) is 1. The van der Waals surface area contributed by atoms with Crippen molar-refractivity contribution in [2.75, 3.05) is 26.7 Å². The minimum Gasteiger partial charge on any atom is -0.369 e. The van der Waals surface area contributed by atoms with Gasteiger partial charge in [0, 0.05) is 26.7 Å². The van der Waals surface area contributed by atoms with Crippen LogP contribution in [-0.4, -0.2) is 51.6 Å². The van der Waals surface area contributed by atoms with Crippen LogP contribution in [0.1, 0.15) is 33.1 Å². The Morgan fingerprint density at radius 2 is 2.20 bits per heavy atom. The SMILES string of the molecule is CCC(C)(OC)C(=O)N1CCCC(CNS(N)(=O)=O)C1. The van der Waals surface area contributed by atoms with Gasteiger partial charge in [-0.2, -0.15) is 8.42 Å². The van der Waals surface area contributed by atoms with E-state index >= 15 is 0 Å². The van der Waals surface area contributed by atoms with E-state index in [1.54, 1.807) is 11.8 Å². The van der Waals surface area contributed by atoms with Crippen LogP contribution in [0.4, 0.5) is 0 Å². The van der Waals surface area contributed by atoms with Crippen LogP contribution in [0.2, 0.25) is 0 Å². The normalized spacial score (nSPS) is 23.4. The molecule has 0 saturated carbocycles. The molecule has 1 aliphatic heterocycles. The quantitative estimate of drug-likeness (QED) is 0.711. The highest BCUT2D eigenvalue weighted by Crippen LogP contribution is 2.23. The molecule has 1 heterocycles. The molecule has 118 valence electrons. The van der Waals surface area contributed by atoms with Crippen LogP contribution in [0.3, 0.4) is 0 Å². The van der Waals surface area contributed by atoms with Gasteiger partial charge >= 0.3 is 0 Å². The van der Waals surface area contributed by atoms with Gasteiger partial charge in [-0.25, -0.2) is 9.86 Å². The topological polar surface area (TPSA) is 102 Å². The van der Waals surface area contributed by atoms with E-state index in [-0.39, 0.29) is 18.4 Å². The van der Waals surface area contributed by atoms with Crippen molar-refractivity contribution in [1.82, 2.24) is 9.62 Å². The molecule has 1 fully saturated rings. The first-order valence-corrected chi connectivity index (χ1v) is 8.38. The Morgan fingerprint density at radius 3 is 2.70 bits per heavy atom. The van der Waals surface area contributed by atoms with E-state index in [2.05, 4.69) is 4.72 Å². The maximum Gasteiger partial charge on any atom is 0.274 e. The third kappa shape index (κ3) is 4.69. The first-order valence-electron chi connectivity index (χ1n) is 6.83. The number of ether oxygens (including phenoxy) is 1. The van der Waals surface area contributed by atoms with Gasteiger partial charge in [-0.05, 0) is 32.1 Å². The van der Waals surface area contributed by atoms with Crippen LogP contribution >= 0.6 is 0 Å². The molecule has 1 amide bonds. The number of methoxy groups -OCH3 is 1. The van der Waals surface area contributed by atoms with Gasteiger partial charge in [0.25, 0.3) is 16.1 Å². The van der Waals surface area contributed by atoms with E-state index in [1.807, 2.05) is 6.92 Å². The lowest BCUT2D eigenvalue weighted by atomic mass is 9.94. The zero-order valence-electron chi connectivity index (χ0n) is 12.4. The summed E-state index contributed by atoms with van der Waals surface area (Å²) < 4.78 is 29.4. The summed E-state index contributed by atoms with van der Waals surface area (Å²) in [5.41, 5.74) is -0.810. The molecule has 0 radical (unpaired) electrons. The fourth-order valence-corrected chi connectivity index (χ4v) is 2.84. The molecule has 0 bridgehead atoms. The van der Waals surface area contributed by atoms with Crippen molar-refractivity contribution < 1.29 is 17.9 Å². The molecule has 0 aromatic rings. The number of hydrogen-bond donors (Lipinski definition) is 2. The van der Waals surface area contributed by atoms with Gasteiger partial charge in [-0.1, -0.05) is 6.92 Å². The van der Waals surface area contributed by atoms with Gasteiger partial charge in [0.2, 0.25) is 0 Å². The number of rotatable bonds is 6. The summed E-state index contributed by atoms with van der Waals surface area (Å²) in [5, 5.41) is 4.92. The number of carbonyl (C=O) groups is 1. The molecule has 2 unspecified atom stereocenters. The third-order valence-corrected chi connectivity index (χ3v) is 4.53. The molecule has 1 aliphatic rings. The fraction of sp³-hybridized carbons (Fsp3) is 0.917. The second-order valence-corrected chi connectivity index (χ2v) is 6.82. The van der Waals surface area contributed by atoms with Crippen molar-refractivity contribution >= 4 is 16.1 Å². The van der Waals surface area contributed by atoms with Crippen LogP contribution in [0.5, 0.6) is 0 Å². The minimum absolute atomic E-state index is 0.0391. The predicted molar refractivity (Wildman–Crippen MR) is 76.1 cm³/mol. The standard InChI is InChI=1S/C12H25N3O4S/c1-4-12(2,19-3)11(16)15-7-5-6-10(9-15)8-14-20(13,17)18/h10,14H,4-9H2,1-3H3,(H2,13,17,18). The van der Waals surface area contributed by atoms with Crippen molar-refractivity contribution in [1.29, 1.82) is 0 Å². The van der Waals surface area contributed by atoms with E-state index in [0.29, 0.717) is 19.5 Å². The molecule has 0 aromatic carbocycles. The lowest BCUT2D eigenvalue weighted by molar-refractivity contribution is -0.155. The first kappa shape index (κ1) is 17.4. The van der Waals surface area contributed by atoms with E-state index < -0.39 is 15.8 Å². The summed E-state index contributed by atoms with van der Waals surface area (Å²) in [4.78, 5) is 14.2. The van der Waals surface area contributed by atoms with Crippen LogP contribution in [0.25, 0.3) is 0 Å². The van der Waals surface area contributed by atoms with E-state index in [1.165, 1.54) is 7.11 Å². The number of hydrogen-bond acceptors (Lipinski definition) is 4. The second kappa shape index (κ2) is 6.84. The Hall–Kier alpha value is -0.700. The highest BCUT2D eigenvalue weighted by atomic mass is 32.2. The third-order valence-electron chi connectivity index (χ3n) is 3.96. The molecule has 0 aromatic heterocycles. The highest BCUT2D eigenvalue weighted by Gasteiger charge is 2.37. The van der Waals surface area contributed by atoms with Gasteiger partial charge in [0.15, 0.2) is 0 Å². The molecule has 0 aliphatic carbocycles. The van der Waals surface area contributed by atoms with Crippen molar-refractivity contribution in [3.05, 3.63) is 0 Å². The van der Waals surface area contributed by atoms with Crippen molar-refractivity contribution in [3.63, 3.8) is 0 Å². The lowest BCUT2D eigenvalue weighted by Gasteiger charge is -2.38. The molecule has 8 heteroatoms. The Morgan fingerprint density at radius 1 is 1.55 bits per heavy atom. The molecule has 7 nitrogen and oxygen atoms in total. The first-order chi connectivity index (χ1) is 9.22. The van der Waals surface area contributed by atoms with Gasteiger partial charge in [0.1, 0.15) is 5.60 Å². The van der Waals surface area contributed by atoms with Gasteiger partial charge in [-0.3, -0.25) is 4.79 Å². The zero-order valence-corrected chi connectivity index (χ0v) is 13.2. The van der Waals surface area contributed by atoms with E-state index in [0.717, 1.165) is 12.8 Å². The summed E-state index contributed by atoms with van der Waals surface area (Å²) in [6.45, 7) is 5.16. The molecule has 0 spiro atoms. The van der Waals surface area contributed by atoms with Crippen molar-refractivity contribution in [2.24, 2.45) is 11.1 Å². The van der Waals surface area contributed by atoms with Gasteiger partial charge in [-0.15, -0.1) is 0 Å². The Balaban J connectivity index is 2.62. The summed E-state index contributed by atoms with van der Waals surface area (Å²) in [7, 11) is -2.14. The average molecular weight is 307 g/mol. The van der Waals surface area contributed by atoms with Crippen molar-refractivity contribution in [3.8, 4) is 0 Å². The number of nitrogens with zero attached hydrogens (tertiary/aromatic N) is 1. The number of carbonyl (C=O) groups excluding carboxylic acids is 1. The molecule has 3 N–H and O–H groups in total. The Kier molecular flexibility index (Phi) is 5.93. The lowest BCUT2D eigenvalue weighted by Crippen LogP contribution is -2.52. The summed E-state index contributed by atoms with van der Waals surface area (Å²) >= 11 is 0. The average Bonchev–Trinajstić information content (AvgIpc) is 2.43. The largest absolute Gasteiger partial charge is 0.369 e. The highest BCUT2D eigenvalue weighted by molar-refractivity contribution is 7.87. The maximum absolute atomic E-state index is 12.5. The van der Waals surface area contributed by atoms with Crippen LogP contribution < -0.4 is 9.86 Å². The van der Waals surface area contributed by atoms with Crippen LogP contribution in [-0.2, 0) is 19.7 Å². The molecular formula is C12H25N3O4S. The molecular weight excluding hydrogens is 282 g/mol. The number of nitrogens with two attached hydrogens (primary N) is 1. The van der Waals surface area contributed by atoms with Gasteiger partial charge < -0.3 is 9.64 Å². The van der Waals surface area contributed by atoms with Gasteiger partial charge in [0.05, 0.1) is 0 Å². The second-order valence-electron chi connectivity index (χ2n) is 5.44. The molecule has 2 atom stereocenters. The number of piperidine rings is 1. The summed E-state index contributed by atoms with van der Waals surface area (Å²) in [5.74, 6) is 0.0480. The minimum atomic E-state index is -3.68. The summed E-state index contributed by atoms with van der Waals surface area (Å²) in [6, 6.07) is 0. The maximum atomic E-state index is 12.5. The summed E-state index contributed by atoms with van der Waals surface area (Å²) in [6.07, 6.45) is 2.33. The number of likely N-dealkylation sites (tertiary alicyclic amines) is 1. The van der Waals surface area contributed by atoms with E-state index in [4.69, 9.17) is 9.88 Å². The fourth-order valence-electron chi connectivity index (χ4n) is 2.37. The monoisotopic (exact) mass is 307 g/mol. The Bertz CT molecular complexity index is 434. The number of amides is 1. The smallest absolute Gasteiger partial charge is 0.274 e. The zero-order chi connectivity index (χ0) is 15.4. The predicted octanol–water partition coefficient (Wildman–Crippen LogP) is -0.167. The van der Waals surface area contributed by atoms with Crippen molar-refractivity contribution in [2.45, 2.75) is 38.7 Å². The van der Waals surface area contributed by atoms with Crippen LogP contribution in [0.15, 0.2) is 0 Å². The van der Waals surface area contributed by atoms with E-state index in [9.17, 15) is 13.2 Å². The Labute approximate surface area is 121 Å². The molecule has 1 rings (SSSR count). The van der Waals surface area contributed by atoms with Crippen LogP contribution in [0, 0.1) is 5.92 Å². The molecule has 1 saturated heterocycles. The molecule has 20 heavy (non-hydrogen) atoms.